The van der Waals surface area contributed by atoms with Gasteiger partial charge in [-0.2, -0.15) is 0 Å². The maximum atomic E-state index is 2.57. The van der Waals surface area contributed by atoms with Crippen molar-refractivity contribution in [1.29, 1.82) is 0 Å². The van der Waals surface area contributed by atoms with Gasteiger partial charge in [0.1, 0.15) is 0 Å². The fourth-order valence-corrected chi connectivity index (χ4v) is 3.25. The van der Waals surface area contributed by atoms with Crippen molar-refractivity contribution in [3.8, 4) is 0 Å². The molecular formula is C25H35N. The Kier molecular flexibility index (Phi) is 10.5. The van der Waals surface area contributed by atoms with Gasteiger partial charge in [0.15, 0.2) is 0 Å². The smallest absolute Gasteiger partial charge is 0.0237 e. The van der Waals surface area contributed by atoms with E-state index in [1.165, 1.54) is 56.1 Å². The minimum atomic E-state index is 1.02. The summed E-state index contributed by atoms with van der Waals surface area (Å²) in [5.41, 5.74) is 2.80. The molecule has 0 amide bonds. The largest absolute Gasteiger partial charge is 0.295 e. The van der Waals surface area contributed by atoms with Gasteiger partial charge in [0.05, 0.1) is 0 Å². The van der Waals surface area contributed by atoms with Crippen LogP contribution >= 0.6 is 0 Å². The Bertz CT molecular complexity index is 547. The van der Waals surface area contributed by atoms with Crippen molar-refractivity contribution in [2.45, 2.75) is 65.0 Å². The summed E-state index contributed by atoms with van der Waals surface area (Å²) in [6.07, 6.45) is 13.9. The van der Waals surface area contributed by atoms with Crippen molar-refractivity contribution in [3.63, 3.8) is 0 Å². The maximum absolute atomic E-state index is 2.57. The van der Waals surface area contributed by atoms with Crippen LogP contribution in [0.1, 0.15) is 63.0 Å². The van der Waals surface area contributed by atoms with Crippen LogP contribution in [0, 0.1) is 0 Å². The molecule has 2 aromatic carbocycles. The number of nitrogens with zero attached hydrogens (tertiary/aromatic N) is 1. The molecule has 140 valence electrons. The Morgan fingerprint density at radius 2 is 1.19 bits per heavy atom. The second-order valence-electron chi connectivity index (χ2n) is 7.14. The van der Waals surface area contributed by atoms with Crippen molar-refractivity contribution in [2.75, 3.05) is 6.54 Å². The van der Waals surface area contributed by atoms with E-state index in [0.29, 0.717) is 0 Å². The normalized spacial score (nSPS) is 11.5. The lowest BCUT2D eigenvalue weighted by Crippen LogP contribution is -2.24. The molecular weight excluding hydrogens is 314 g/mol. The van der Waals surface area contributed by atoms with E-state index in [0.717, 1.165) is 19.6 Å². The molecule has 0 aliphatic carbocycles. The van der Waals surface area contributed by atoms with Gasteiger partial charge in [-0.1, -0.05) is 99.0 Å². The third kappa shape index (κ3) is 9.01. The molecule has 0 aliphatic rings. The lowest BCUT2D eigenvalue weighted by molar-refractivity contribution is 0.254. The fourth-order valence-electron chi connectivity index (χ4n) is 3.25. The van der Waals surface area contributed by atoms with Gasteiger partial charge in [0.25, 0.3) is 0 Å². The Labute approximate surface area is 160 Å². The molecule has 1 nitrogen and oxygen atoms in total. The summed E-state index contributed by atoms with van der Waals surface area (Å²) >= 11 is 0. The zero-order valence-electron chi connectivity index (χ0n) is 16.4. The van der Waals surface area contributed by atoms with Crippen LogP contribution in [0.15, 0.2) is 72.8 Å². The van der Waals surface area contributed by atoms with E-state index in [2.05, 4.69) is 84.6 Å². The molecule has 0 unspecified atom stereocenters. The van der Waals surface area contributed by atoms with Crippen LogP contribution in [0.3, 0.4) is 0 Å². The van der Waals surface area contributed by atoms with Crippen LogP contribution in [0.2, 0.25) is 0 Å². The molecule has 0 spiro atoms. The van der Waals surface area contributed by atoms with E-state index in [9.17, 15) is 0 Å². The predicted octanol–water partition coefficient (Wildman–Crippen LogP) is 7.00. The standard InChI is InChI=1S/C25H35N/c1-2-3-4-5-6-7-8-9-16-21-26(22-24-17-12-10-13-18-24)23-25-19-14-11-15-20-25/h7-8,10-15,17-20H,2-6,9,16,21-23H2,1H3/b8-7+. The molecule has 0 heterocycles. The topological polar surface area (TPSA) is 3.24 Å². The minimum Gasteiger partial charge on any atom is -0.295 e. The van der Waals surface area contributed by atoms with Crippen molar-refractivity contribution >= 4 is 0 Å². The van der Waals surface area contributed by atoms with Crippen molar-refractivity contribution in [3.05, 3.63) is 83.9 Å². The van der Waals surface area contributed by atoms with Gasteiger partial charge >= 0.3 is 0 Å². The Hall–Kier alpha value is -1.86. The van der Waals surface area contributed by atoms with E-state index in [1.807, 2.05) is 0 Å². The Morgan fingerprint density at radius 3 is 1.73 bits per heavy atom. The number of hydrogen-bond acceptors (Lipinski definition) is 1. The van der Waals surface area contributed by atoms with Crippen molar-refractivity contribution in [1.82, 2.24) is 4.90 Å². The van der Waals surface area contributed by atoms with Crippen molar-refractivity contribution in [2.24, 2.45) is 0 Å². The molecule has 0 fully saturated rings. The fraction of sp³-hybridized carbons (Fsp3) is 0.440. The monoisotopic (exact) mass is 349 g/mol. The van der Waals surface area contributed by atoms with E-state index in [4.69, 9.17) is 0 Å². The average molecular weight is 350 g/mol. The summed E-state index contributed by atoms with van der Waals surface area (Å²) in [5, 5.41) is 0. The van der Waals surface area contributed by atoms with Gasteiger partial charge in [-0.25, -0.2) is 0 Å². The first-order chi connectivity index (χ1) is 12.9. The molecule has 0 radical (unpaired) electrons. The number of benzene rings is 2. The summed E-state index contributed by atoms with van der Waals surface area (Å²) < 4.78 is 0. The highest BCUT2D eigenvalue weighted by atomic mass is 15.1. The van der Waals surface area contributed by atoms with Crippen LogP contribution in [-0.2, 0) is 13.1 Å². The van der Waals surface area contributed by atoms with Crippen LogP contribution in [0.4, 0.5) is 0 Å². The summed E-state index contributed by atoms with van der Waals surface area (Å²) in [7, 11) is 0. The number of allylic oxidation sites excluding steroid dienone is 2. The lowest BCUT2D eigenvalue weighted by Gasteiger charge is -2.22. The number of rotatable bonds is 13. The van der Waals surface area contributed by atoms with Crippen molar-refractivity contribution < 1.29 is 0 Å². The molecule has 0 aromatic heterocycles. The van der Waals surface area contributed by atoms with Gasteiger partial charge in [-0.3, -0.25) is 4.90 Å². The molecule has 0 aliphatic heterocycles. The third-order valence-corrected chi connectivity index (χ3v) is 4.73. The molecule has 2 aromatic rings. The van der Waals surface area contributed by atoms with E-state index >= 15 is 0 Å². The molecule has 2 rings (SSSR count). The summed E-state index contributed by atoms with van der Waals surface area (Å²) in [4.78, 5) is 2.57. The highest BCUT2D eigenvalue weighted by Crippen LogP contribution is 2.11. The molecule has 0 saturated heterocycles. The summed E-state index contributed by atoms with van der Waals surface area (Å²) in [5.74, 6) is 0. The predicted molar refractivity (Wildman–Crippen MR) is 114 cm³/mol. The summed E-state index contributed by atoms with van der Waals surface area (Å²) in [6, 6.07) is 21.7. The van der Waals surface area contributed by atoms with Gasteiger partial charge in [0, 0.05) is 13.1 Å². The molecule has 0 N–H and O–H groups in total. The Morgan fingerprint density at radius 1 is 0.654 bits per heavy atom. The van der Waals surface area contributed by atoms with E-state index in [-0.39, 0.29) is 0 Å². The zero-order valence-corrected chi connectivity index (χ0v) is 16.4. The number of hydrogen-bond donors (Lipinski definition) is 0. The second kappa shape index (κ2) is 13.4. The SMILES string of the molecule is CCCCCC/C=C/CCCN(Cc1ccccc1)Cc1ccccc1. The van der Waals surface area contributed by atoms with Crippen LogP contribution in [-0.4, -0.2) is 11.4 Å². The highest BCUT2D eigenvalue weighted by molar-refractivity contribution is 5.17. The van der Waals surface area contributed by atoms with E-state index in [1.54, 1.807) is 0 Å². The first-order valence-electron chi connectivity index (χ1n) is 10.3. The average Bonchev–Trinajstić information content (AvgIpc) is 2.68. The van der Waals surface area contributed by atoms with Gasteiger partial charge in [-0.05, 0) is 43.4 Å². The third-order valence-electron chi connectivity index (χ3n) is 4.73. The van der Waals surface area contributed by atoms with Crippen LogP contribution < -0.4 is 0 Å². The summed E-state index contributed by atoms with van der Waals surface area (Å²) in [6.45, 7) is 5.46. The molecule has 0 saturated carbocycles. The molecule has 0 atom stereocenters. The molecule has 1 heteroatoms. The quantitative estimate of drug-likeness (QED) is 0.278. The molecule has 26 heavy (non-hydrogen) atoms. The minimum absolute atomic E-state index is 1.02. The first-order valence-corrected chi connectivity index (χ1v) is 10.3. The van der Waals surface area contributed by atoms with E-state index < -0.39 is 0 Å². The highest BCUT2D eigenvalue weighted by Gasteiger charge is 2.06. The van der Waals surface area contributed by atoms with Crippen LogP contribution in [0.5, 0.6) is 0 Å². The molecule has 0 bridgehead atoms. The Balaban J connectivity index is 1.75. The maximum Gasteiger partial charge on any atom is 0.0237 e. The number of unbranched alkanes of at least 4 members (excludes halogenated alkanes) is 5. The second-order valence-corrected chi connectivity index (χ2v) is 7.14. The van der Waals surface area contributed by atoms with Gasteiger partial charge < -0.3 is 0 Å². The first kappa shape index (κ1) is 20.5. The zero-order chi connectivity index (χ0) is 18.3. The van der Waals surface area contributed by atoms with Crippen LogP contribution in [0.25, 0.3) is 0 Å². The van der Waals surface area contributed by atoms with Gasteiger partial charge in [0.2, 0.25) is 0 Å². The lowest BCUT2D eigenvalue weighted by atomic mass is 10.1. The van der Waals surface area contributed by atoms with Gasteiger partial charge in [-0.15, -0.1) is 0 Å².